The van der Waals surface area contributed by atoms with E-state index in [2.05, 4.69) is 5.32 Å². The van der Waals surface area contributed by atoms with Gasteiger partial charge in [-0.05, 0) is 80.1 Å². The molecule has 0 aromatic heterocycles. The van der Waals surface area contributed by atoms with Crippen molar-refractivity contribution in [3.05, 3.63) is 95.7 Å². The van der Waals surface area contributed by atoms with Crippen LogP contribution in [0.2, 0.25) is 0 Å². The molecular formula is C25H20F2N2O3. The summed E-state index contributed by atoms with van der Waals surface area (Å²) in [4.78, 5) is 27.7. The van der Waals surface area contributed by atoms with E-state index in [4.69, 9.17) is 4.74 Å². The van der Waals surface area contributed by atoms with Gasteiger partial charge in [0.2, 0.25) is 0 Å². The number of ether oxygens (including phenoxy) is 1. The first-order chi connectivity index (χ1) is 15.3. The molecule has 0 spiro atoms. The van der Waals surface area contributed by atoms with E-state index >= 15 is 0 Å². The monoisotopic (exact) mass is 434 g/mol. The Morgan fingerprint density at radius 3 is 1.91 bits per heavy atom. The molecule has 0 fully saturated rings. The molecule has 0 aliphatic carbocycles. The Kier molecular flexibility index (Phi) is 5.73. The average Bonchev–Trinajstić information content (AvgIpc) is 3.00. The summed E-state index contributed by atoms with van der Waals surface area (Å²) in [6.45, 7) is 3.79. The van der Waals surface area contributed by atoms with Crippen molar-refractivity contribution in [2.24, 2.45) is 0 Å². The highest BCUT2D eigenvalue weighted by Gasteiger charge is 2.40. The molecule has 3 aromatic rings. The SMILES string of the molecule is CC(C)Oc1ccc(N2C(=O)C(Nc3ccc(F)cc3)=C(c3ccc(F)cc3)C2=O)cc1. The fraction of sp³-hybridized carbons (Fsp3) is 0.120. The first kappa shape index (κ1) is 21.2. The molecule has 0 bridgehead atoms. The molecule has 0 saturated carbocycles. The van der Waals surface area contributed by atoms with Crippen molar-refractivity contribution in [2.75, 3.05) is 10.2 Å². The predicted molar refractivity (Wildman–Crippen MR) is 118 cm³/mol. The first-order valence-electron chi connectivity index (χ1n) is 10.0. The van der Waals surface area contributed by atoms with Crippen LogP contribution in [0.15, 0.2) is 78.5 Å². The number of hydrogen-bond donors (Lipinski definition) is 1. The highest BCUT2D eigenvalue weighted by atomic mass is 19.1. The van der Waals surface area contributed by atoms with E-state index in [1.54, 1.807) is 24.3 Å². The standard InChI is InChI=1S/C25H20F2N2O3/c1-15(2)32-21-13-11-20(12-14-21)29-24(30)22(16-3-5-17(26)6-4-16)23(25(29)31)28-19-9-7-18(27)8-10-19/h3-15,28H,1-2H3. The number of benzene rings is 3. The molecule has 1 aliphatic heterocycles. The Bertz CT molecular complexity index is 1190. The Morgan fingerprint density at radius 2 is 1.34 bits per heavy atom. The zero-order valence-electron chi connectivity index (χ0n) is 17.4. The second-order valence-corrected chi connectivity index (χ2v) is 7.50. The van der Waals surface area contributed by atoms with E-state index in [-0.39, 0.29) is 17.4 Å². The highest BCUT2D eigenvalue weighted by molar-refractivity contribution is 6.46. The van der Waals surface area contributed by atoms with Gasteiger partial charge in [0.15, 0.2) is 0 Å². The van der Waals surface area contributed by atoms with E-state index in [1.165, 1.54) is 48.5 Å². The smallest absolute Gasteiger partial charge is 0.282 e. The molecule has 162 valence electrons. The fourth-order valence-corrected chi connectivity index (χ4v) is 3.39. The summed E-state index contributed by atoms with van der Waals surface area (Å²) in [5.41, 5.74) is 1.31. The van der Waals surface area contributed by atoms with Crippen LogP contribution in [-0.2, 0) is 9.59 Å². The van der Waals surface area contributed by atoms with E-state index in [0.29, 0.717) is 22.7 Å². The lowest BCUT2D eigenvalue weighted by Crippen LogP contribution is -2.32. The van der Waals surface area contributed by atoms with E-state index in [1.807, 2.05) is 13.8 Å². The quantitative estimate of drug-likeness (QED) is 0.546. The maximum Gasteiger partial charge on any atom is 0.282 e. The van der Waals surface area contributed by atoms with Crippen LogP contribution >= 0.6 is 0 Å². The molecule has 1 N–H and O–H groups in total. The molecule has 4 rings (SSSR count). The van der Waals surface area contributed by atoms with Crippen molar-refractivity contribution >= 4 is 28.8 Å². The second-order valence-electron chi connectivity index (χ2n) is 7.50. The maximum atomic E-state index is 13.5. The lowest BCUT2D eigenvalue weighted by atomic mass is 10.0. The largest absolute Gasteiger partial charge is 0.491 e. The molecule has 1 heterocycles. The summed E-state index contributed by atoms with van der Waals surface area (Å²) in [6, 6.07) is 17.3. The van der Waals surface area contributed by atoms with Crippen LogP contribution in [-0.4, -0.2) is 17.9 Å². The third-order valence-electron chi connectivity index (χ3n) is 4.80. The van der Waals surface area contributed by atoms with Crippen LogP contribution in [0.3, 0.4) is 0 Å². The van der Waals surface area contributed by atoms with Gasteiger partial charge in [-0.2, -0.15) is 0 Å². The zero-order chi connectivity index (χ0) is 22.8. The number of anilines is 2. The number of halogens is 2. The third-order valence-corrected chi connectivity index (χ3v) is 4.80. The zero-order valence-corrected chi connectivity index (χ0v) is 17.4. The van der Waals surface area contributed by atoms with Gasteiger partial charge in [-0.1, -0.05) is 12.1 Å². The van der Waals surface area contributed by atoms with E-state index < -0.39 is 23.4 Å². The molecule has 0 saturated heterocycles. The van der Waals surface area contributed by atoms with Gasteiger partial charge in [0.25, 0.3) is 11.8 Å². The molecule has 2 amide bonds. The van der Waals surface area contributed by atoms with Gasteiger partial charge in [-0.25, -0.2) is 13.7 Å². The van der Waals surface area contributed by atoms with Gasteiger partial charge < -0.3 is 10.1 Å². The summed E-state index contributed by atoms with van der Waals surface area (Å²) >= 11 is 0. The van der Waals surface area contributed by atoms with Gasteiger partial charge >= 0.3 is 0 Å². The van der Waals surface area contributed by atoms with Crippen molar-refractivity contribution in [3.8, 4) is 5.75 Å². The number of carbonyl (C=O) groups is 2. The molecule has 0 unspecified atom stereocenters. The third kappa shape index (κ3) is 4.23. The van der Waals surface area contributed by atoms with E-state index in [0.717, 1.165) is 4.90 Å². The van der Waals surface area contributed by atoms with Crippen molar-refractivity contribution < 1.29 is 23.1 Å². The van der Waals surface area contributed by atoms with Gasteiger partial charge in [-0.3, -0.25) is 9.59 Å². The predicted octanol–water partition coefficient (Wildman–Crippen LogP) is 5.15. The molecule has 0 atom stereocenters. The highest BCUT2D eigenvalue weighted by Crippen LogP contribution is 2.34. The molecule has 0 radical (unpaired) electrons. The Hall–Kier alpha value is -4.00. The number of imide groups is 1. The Labute approximate surface area is 183 Å². The van der Waals surface area contributed by atoms with Crippen LogP contribution in [0.4, 0.5) is 20.2 Å². The number of amides is 2. The van der Waals surface area contributed by atoms with Gasteiger partial charge in [0, 0.05) is 5.69 Å². The van der Waals surface area contributed by atoms with Crippen LogP contribution in [0.25, 0.3) is 5.57 Å². The Balaban J connectivity index is 1.73. The number of carbonyl (C=O) groups excluding carboxylic acids is 2. The fourth-order valence-electron chi connectivity index (χ4n) is 3.39. The number of nitrogens with zero attached hydrogens (tertiary/aromatic N) is 1. The van der Waals surface area contributed by atoms with Crippen LogP contribution in [0.5, 0.6) is 5.75 Å². The molecular weight excluding hydrogens is 414 g/mol. The minimum Gasteiger partial charge on any atom is -0.491 e. The van der Waals surface area contributed by atoms with Crippen LogP contribution < -0.4 is 15.0 Å². The summed E-state index contributed by atoms with van der Waals surface area (Å²) in [5.74, 6) is -1.40. The summed E-state index contributed by atoms with van der Waals surface area (Å²) in [6.07, 6.45) is -0.0193. The Morgan fingerprint density at radius 1 is 0.781 bits per heavy atom. The van der Waals surface area contributed by atoms with Crippen molar-refractivity contribution in [2.45, 2.75) is 20.0 Å². The van der Waals surface area contributed by atoms with Crippen molar-refractivity contribution in [1.82, 2.24) is 0 Å². The van der Waals surface area contributed by atoms with Crippen molar-refractivity contribution in [3.63, 3.8) is 0 Å². The van der Waals surface area contributed by atoms with E-state index in [9.17, 15) is 18.4 Å². The molecule has 7 heteroatoms. The minimum atomic E-state index is -0.573. The van der Waals surface area contributed by atoms with Crippen molar-refractivity contribution in [1.29, 1.82) is 0 Å². The van der Waals surface area contributed by atoms with Gasteiger partial charge in [0.05, 0.1) is 17.4 Å². The lowest BCUT2D eigenvalue weighted by Gasteiger charge is -2.17. The summed E-state index contributed by atoms with van der Waals surface area (Å²) in [7, 11) is 0. The minimum absolute atomic E-state index is 0.0193. The maximum absolute atomic E-state index is 13.5. The number of hydrogen-bond acceptors (Lipinski definition) is 4. The summed E-state index contributed by atoms with van der Waals surface area (Å²) in [5, 5.41) is 2.93. The van der Waals surface area contributed by atoms with Gasteiger partial charge in [0.1, 0.15) is 23.1 Å². The lowest BCUT2D eigenvalue weighted by molar-refractivity contribution is -0.120. The second kappa shape index (κ2) is 8.63. The molecule has 3 aromatic carbocycles. The first-order valence-corrected chi connectivity index (χ1v) is 10.0. The molecule has 32 heavy (non-hydrogen) atoms. The molecule has 5 nitrogen and oxygen atoms in total. The summed E-state index contributed by atoms with van der Waals surface area (Å²) < 4.78 is 32.4. The number of nitrogens with one attached hydrogen (secondary N) is 1. The topological polar surface area (TPSA) is 58.6 Å². The normalized spacial score (nSPS) is 13.8. The van der Waals surface area contributed by atoms with Crippen LogP contribution in [0, 0.1) is 11.6 Å². The van der Waals surface area contributed by atoms with Crippen LogP contribution in [0.1, 0.15) is 19.4 Å². The average molecular weight is 434 g/mol. The molecule has 1 aliphatic rings. The van der Waals surface area contributed by atoms with Gasteiger partial charge in [-0.15, -0.1) is 0 Å². The number of rotatable bonds is 6.